The number of carbonyl (C=O) groups is 1. The van der Waals surface area contributed by atoms with Crippen molar-refractivity contribution >= 4 is 11.9 Å². The number of hydrogen-bond acceptors (Lipinski definition) is 7. The lowest BCUT2D eigenvalue weighted by Crippen LogP contribution is -2.44. The highest BCUT2D eigenvalue weighted by Gasteiger charge is 2.48. The van der Waals surface area contributed by atoms with E-state index in [1.54, 1.807) is 30.7 Å². The highest BCUT2D eigenvalue weighted by molar-refractivity contribution is 5.94. The van der Waals surface area contributed by atoms with E-state index in [1.165, 1.54) is 0 Å². The Morgan fingerprint density at radius 1 is 1.00 bits per heavy atom. The second-order valence-corrected chi connectivity index (χ2v) is 7.74. The molecule has 1 amide bonds. The van der Waals surface area contributed by atoms with E-state index < -0.39 is 29.8 Å². The third kappa shape index (κ3) is 4.41. The van der Waals surface area contributed by atoms with E-state index in [-0.39, 0.29) is 24.3 Å². The van der Waals surface area contributed by atoms with Crippen LogP contribution in [0.1, 0.15) is 15.9 Å². The molecule has 4 unspecified atom stereocenters. The highest BCUT2D eigenvalue weighted by Crippen LogP contribution is 2.30. The molecule has 4 heterocycles. The second-order valence-electron chi connectivity index (χ2n) is 7.74. The van der Waals surface area contributed by atoms with Gasteiger partial charge in [0.05, 0.1) is 37.1 Å². The van der Waals surface area contributed by atoms with Crippen molar-refractivity contribution in [3.8, 4) is 11.5 Å². The van der Waals surface area contributed by atoms with Gasteiger partial charge in [-0.25, -0.2) is 9.97 Å². The fraction of sp³-hybridized carbons (Fsp3) is 0.318. The Bertz CT molecular complexity index is 1120. The van der Waals surface area contributed by atoms with Crippen LogP contribution in [0.4, 0.5) is 19.1 Å². The summed E-state index contributed by atoms with van der Waals surface area (Å²) in [4.78, 5) is 21.2. The molecule has 0 bridgehead atoms. The van der Waals surface area contributed by atoms with Crippen LogP contribution < -0.4 is 10.6 Å². The quantitative estimate of drug-likeness (QED) is 0.604. The largest absolute Gasteiger partial charge is 0.463 e. The van der Waals surface area contributed by atoms with Crippen LogP contribution in [-0.4, -0.2) is 53.4 Å². The Morgan fingerprint density at radius 3 is 2.42 bits per heavy atom. The van der Waals surface area contributed by atoms with Crippen molar-refractivity contribution in [2.45, 2.75) is 30.5 Å². The molecule has 8 nitrogen and oxygen atoms in total. The molecule has 2 N–H and O–H groups in total. The van der Waals surface area contributed by atoms with Gasteiger partial charge >= 0.3 is 6.18 Å². The Morgan fingerprint density at radius 2 is 1.73 bits per heavy atom. The molecule has 172 valence electrons. The molecule has 2 aliphatic heterocycles. The van der Waals surface area contributed by atoms with Crippen molar-refractivity contribution in [1.29, 1.82) is 0 Å². The summed E-state index contributed by atoms with van der Waals surface area (Å²) in [6.07, 6.45) is -2.04. The molecule has 2 aliphatic rings. The van der Waals surface area contributed by atoms with Crippen molar-refractivity contribution in [3.63, 3.8) is 0 Å². The zero-order chi connectivity index (χ0) is 23.0. The van der Waals surface area contributed by atoms with E-state index in [0.29, 0.717) is 24.0 Å². The number of amides is 1. The summed E-state index contributed by atoms with van der Waals surface area (Å²) in [5, 5.41) is 6.00. The van der Waals surface area contributed by atoms with Crippen LogP contribution in [0.3, 0.4) is 0 Å². The number of alkyl halides is 3. The van der Waals surface area contributed by atoms with Crippen molar-refractivity contribution in [3.05, 3.63) is 66.1 Å². The lowest BCUT2D eigenvalue weighted by atomic mass is 10.1. The van der Waals surface area contributed by atoms with Crippen LogP contribution in [0.2, 0.25) is 0 Å². The van der Waals surface area contributed by atoms with Gasteiger partial charge in [-0.05, 0) is 42.5 Å². The van der Waals surface area contributed by atoms with E-state index in [9.17, 15) is 18.0 Å². The molecule has 0 spiro atoms. The minimum atomic E-state index is -4.46. The Hall–Kier alpha value is -3.44. The standard InChI is InChI=1S/C22H19F3N4O4/c23-22(24,25)13-5-3-12(4-6-13)20(30)27-15-10-32-19-16(11-33-18(15)19)29-21-26-8-7-14(28-21)17-2-1-9-31-17/h1-9,15-16,18-19H,10-11H2,(H,27,30)(H,26,28,29). The van der Waals surface area contributed by atoms with E-state index >= 15 is 0 Å². The smallest absolute Gasteiger partial charge is 0.416 e. The van der Waals surface area contributed by atoms with E-state index in [0.717, 1.165) is 24.3 Å². The molecular formula is C22H19F3N4O4. The second kappa shape index (κ2) is 8.49. The van der Waals surface area contributed by atoms with Crippen molar-refractivity contribution < 1.29 is 31.9 Å². The SMILES string of the molecule is O=C(NC1COC2C(Nc3nccc(-c4ccco4)n3)COC12)c1ccc(C(F)(F)F)cc1. The molecule has 5 rings (SSSR count). The third-order valence-electron chi connectivity index (χ3n) is 5.59. The van der Waals surface area contributed by atoms with E-state index in [4.69, 9.17) is 13.9 Å². The summed E-state index contributed by atoms with van der Waals surface area (Å²) in [6, 6.07) is 8.68. The van der Waals surface area contributed by atoms with Gasteiger partial charge in [-0.3, -0.25) is 4.79 Å². The van der Waals surface area contributed by atoms with Crippen LogP contribution >= 0.6 is 0 Å². The molecule has 4 atom stereocenters. The summed E-state index contributed by atoms with van der Waals surface area (Å²) < 4.78 is 55.3. The van der Waals surface area contributed by atoms with Crippen molar-refractivity contribution in [2.24, 2.45) is 0 Å². The Balaban J connectivity index is 1.21. The van der Waals surface area contributed by atoms with Crippen LogP contribution in [0.5, 0.6) is 0 Å². The van der Waals surface area contributed by atoms with Crippen LogP contribution in [0, 0.1) is 0 Å². The summed E-state index contributed by atoms with van der Waals surface area (Å²) >= 11 is 0. The monoisotopic (exact) mass is 460 g/mol. The molecule has 0 saturated carbocycles. The number of carbonyl (C=O) groups excluding carboxylic acids is 1. The number of rotatable bonds is 5. The maximum atomic E-state index is 12.7. The van der Waals surface area contributed by atoms with Gasteiger partial charge in [0.2, 0.25) is 5.95 Å². The average molecular weight is 460 g/mol. The minimum absolute atomic E-state index is 0.127. The van der Waals surface area contributed by atoms with Gasteiger partial charge in [-0.1, -0.05) is 0 Å². The van der Waals surface area contributed by atoms with Gasteiger partial charge in [-0.15, -0.1) is 0 Å². The zero-order valence-electron chi connectivity index (χ0n) is 17.1. The molecule has 11 heteroatoms. The van der Waals surface area contributed by atoms with E-state index in [2.05, 4.69) is 20.6 Å². The Labute approximate surface area is 186 Å². The number of halogens is 3. The minimum Gasteiger partial charge on any atom is -0.463 e. The van der Waals surface area contributed by atoms with Gasteiger partial charge in [-0.2, -0.15) is 13.2 Å². The maximum Gasteiger partial charge on any atom is 0.416 e. The molecule has 3 aromatic rings. The predicted octanol–water partition coefficient (Wildman–Crippen LogP) is 3.13. The van der Waals surface area contributed by atoms with Gasteiger partial charge in [0.15, 0.2) is 5.76 Å². The first-order chi connectivity index (χ1) is 15.9. The van der Waals surface area contributed by atoms with Crippen molar-refractivity contribution in [2.75, 3.05) is 18.5 Å². The average Bonchev–Trinajstić information content (AvgIpc) is 3.54. The molecule has 2 saturated heterocycles. The molecule has 0 aliphatic carbocycles. The first-order valence-electron chi connectivity index (χ1n) is 10.2. The van der Waals surface area contributed by atoms with Gasteiger partial charge < -0.3 is 24.5 Å². The zero-order valence-corrected chi connectivity index (χ0v) is 17.1. The number of benzene rings is 1. The number of nitrogens with one attached hydrogen (secondary N) is 2. The van der Waals surface area contributed by atoms with Crippen LogP contribution in [0.25, 0.3) is 11.5 Å². The number of fused-ring (bicyclic) bond motifs is 1. The number of ether oxygens (including phenoxy) is 2. The number of aromatic nitrogens is 2. The number of anilines is 1. The lowest BCUT2D eigenvalue weighted by molar-refractivity contribution is -0.137. The normalized spacial score (nSPS) is 24.5. The predicted molar refractivity (Wildman–Crippen MR) is 109 cm³/mol. The van der Waals surface area contributed by atoms with Gasteiger partial charge in [0.1, 0.15) is 17.9 Å². The Kier molecular flexibility index (Phi) is 5.51. The summed E-state index contributed by atoms with van der Waals surface area (Å²) in [6.45, 7) is 0.531. The van der Waals surface area contributed by atoms with Crippen LogP contribution in [-0.2, 0) is 15.7 Å². The van der Waals surface area contributed by atoms with Crippen LogP contribution in [0.15, 0.2) is 59.3 Å². The summed E-state index contributed by atoms with van der Waals surface area (Å²) in [5.74, 6) is 0.510. The summed E-state index contributed by atoms with van der Waals surface area (Å²) in [5.41, 5.74) is -0.0565. The lowest BCUT2D eigenvalue weighted by Gasteiger charge is -2.18. The maximum absolute atomic E-state index is 12.7. The molecular weight excluding hydrogens is 441 g/mol. The molecule has 2 fully saturated rings. The summed E-state index contributed by atoms with van der Waals surface area (Å²) in [7, 11) is 0. The molecule has 2 aromatic heterocycles. The van der Waals surface area contributed by atoms with Gasteiger partial charge in [0, 0.05) is 11.8 Å². The number of nitrogens with zero attached hydrogens (tertiary/aromatic N) is 2. The van der Waals surface area contributed by atoms with E-state index in [1.807, 2.05) is 0 Å². The number of hydrogen-bond donors (Lipinski definition) is 2. The molecule has 1 aromatic carbocycles. The van der Waals surface area contributed by atoms with Gasteiger partial charge in [0.25, 0.3) is 5.91 Å². The van der Waals surface area contributed by atoms with Crippen molar-refractivity contribution in [1.82, 2.24) is 15.3 Å². The number of furan rings is 1. The highest BCUT2D eigenvalue weighted by atomic mass is 19.4. The fourth-order valence-corrected chi connectivity index (χ4v) is 3.96. The first-order valence-corrected chi connectivity index (χ1v) is 10.2. The topological polar surface area (TPSA) is 98.5 Å². The first kappa shape index (κ1) is 21.4. The molecule has 0 radical (unpaired) electrons. The fourth-order valence-electron chi connectivity index (χ4n) is 3.96. The molecule has 33 heavy (non-hydrogen) atoms. The third-order valence-corrected chi connectivity index (χ3v) is 5.59.